The largest absolute Gasteiger partial charge is 0.342 e. The highest BCUT2D eigenvalue weighted by Gasteiger charge is 2.24. The minimum Gasteiger partial charge on any atom is -0.342 e. The van der Waals surface area contributed by atoms with Crippen molar-refractivity contribution in [2.24, 2.45) is 0 Å². The van der Waals surface area contributed by atoms with Gasteiger partial charge in [-0.2, -0.15) is 0 Å². The quantitative estimate of drug-likeness (QED) is 0.893. The van der Waals surface area contributed by atoms with Crippen LogP contribution in [0.25, 0.3) is 11.4 Å². The van der Waals surface area contributed by atoms with Crippen molar-refractivity contribution in [2.75, 3.05) is 13.1 Å². The van der Waals surface area contributed by atoms with E-state index in [9.17, 15) is 0 Å². The van der Waals surface area contributed by atoms with Gasteiger partial charge < -0.3 is 10.3 Å². The van der Waals surface area contributed by atoms with Gasteiger partial charge in [0.2, 0.25) is 0 Å². The van der Waals surface area contributed by atoms with E-state index in [2.05, 4.69) is 39.2 Å². The van der Waals surface area contributed by atoms with Crippen LogP contribution in [0, 0.1) is 6.92 Å². The lowest BCUT2D eigenvalue weighted by atomic mass is 9.98. The third kappa shape index (κ3) is 1.91. The van der Waals surface area contributed by atoms with E-state index in [1.807, 2.05) is 18.2 Å². The van der Waals surface area contributed by atoms with Crippen LogP contribution >= 0.6 is 15.9 Å². The average Bonchev–Trinajstić information content (AvgIpc) is 2.59. The number of aryl methyl sites for hydroxylation is 1. The van der Waals surface area contributed by atoms with Gasteiger partial charge in [0.15, 0.2) is 0 Å². The molecule has 1 aliphatic rings. The van der Waals surface area contributed by atoms with Gasteiger partial charge >= 0.3 is 0 Å². The molecule has 0 unspecified atom stereocenters. The van der Waals surface area contributed by atoms with E-state index in [1.54, 1.807) is 0 Å². The van der Waals surface area contributed by atoms with E-state index in [1.165, 1.54) is 11.4 Å². The zero-order valence-electron chi connectivity index (χ0n) is 9.63. The molecule has 0 saturated carbocycles. The van der Waals surface area contributed by atoms with Gasteiger partial charge in [0.1, 0.15) is 5.82 Å². The van der Waals surface area contributed by atoms with Crippen molar-refractivity contribution in [3.8, 4) is 11.4 Å². The number of nitrogens with zero attached hydrogens (tertiary/aromatic N) is 1. The number of aromatic nitrogens is 2. The topological polar surface area (TPSA) is 40.7 Å². The zero-order valence-corrected chi connectivity index (χ0v) is 11.2. The summed E-state index contributed by atoms with van der Waals surface area (Å²) in [7, 11) is 0. The Kier molecular flexibility index (Phi) is 2.76. The fraction of sp³-hybridized carbons (Fsp3) is 0.308. The fourth-order valence-corrected chi connectivity index (χ4v) is 2.61. The first-order valence-corrected chi connectivity index (χ1v) is 6.57. The van der Waals surface area contributed by atoms with Gasteiger partial charge in [-0.15, -0.1) is 0 Å². The predicted octanol–water partition coefficient (Wildman–Crippen LogP) is 2.83. The zero-order chi connectivity index (χ0) is 11.8. The predicted molar refractivity (Wildman–Crippen MR) is 72.1 cm³/mol. The van der Waals surface area contributed by atoms with Crippen LogP contribution in [0.3, 0.4) is 0 Å². The average molecular weight is 292 g/mol. The van der Waals surface area contributed by atoms with E-state index < -0.39 is 0 Å². The van der Waals surface area contributed by atoms with Gasteiger partial charge in [0.25, 0.3) is 0 Å². The highest BCUT2D eigenvalue weighted by Crippen LogP contribution is 2.29. The molecule has 1 saturated heterocycles. The Morgan fingerprint density at radius 3 is 2.71 bits per heavy atom. The van der Waals surface area contributed by atoms with E-state index in [0.717, 1.165) is 29.0 Å². The molecule has 0 radical (unpaired) electrons. The van der Waals surface area contributed by atoms with Crippen LogP contribution in [-0.4, -0.2) is 23.1 Å². The Morgan fingerprint density at radius 1 is 1.29 bits per heavy atom. The molecule has 0 atom stereocenters. The van der Waals surface area contributed by atoms with Gasteiger partial charge in [-0.3, -0.25) is 0 Å². The van der Waals surface area contributed by atoms with Crippen molar-refractivity contribution in [1.29, 1.82) is 0 Å². The van der Waals surface area contributed by atoms with Crippen LogP contribution in [-0.2, 0) is 0 Å². The summed E-state index contributed by atoms with van der Waals surface area (Å²) in [5.41, 5.74) is 3.51. The number of imidazole rings is 1. The van der Waals surface area contributed by atoms with Crippen LogP contribution in [0.15, 0.2) is 28.7 Å². The first-order valence-electron chi connectivity index (χ1n) is 5.78. The van der Waals surface area contributed by atoms with Crippen LogP contribution in [0.4, 0.5) is 0 Å². The summed E-state index contributed by atoms with van der Waals surface area (Å²) in [6, 6.07) is 8.16. The number of rotatable bonds is 2. The van der Waals surface area contributed by atoms with Crippen LogP contribution < -0.4 is 5.32 Å². The highest BCUT2D eigenvalue weighted by molar-refractivity contribution is 9.10. The third-order valence-electron chi connectivity index (χ3n) is 3.22. The minimum atomic E-state index is 0.572. The SMILES string of the molecule is Cc1[nH]c(-c2ccccc2Br)nc1C1CNC1. The lowest BCUT2D eigenvalue weighted by Gasteiger charge is -2.25. The Labute approximate surface area is 109 Å². The molecule has 0 amide bonds. The van der Waals surface area contributed by atoms with Gasteiger partial charge in [-0.25, -0.2) is 4.98 Å². The van der Waals surface area contributed by atoms with Crippen molar-refractivity contribution in [3.05, 3.63) is 40.1 Å². The summed E-state index contributed by atoms with van der Waals surface area (Å²) in [6.45, 7) is 4.18. The van der Waals surface area contributed by atoms with E-state index in [4.69, 9.17) is 4.98 Å². The first kappa shape index (κ1) is 11.0. The number of aromatic amines is 1. The molecule has 1 aliphatic heterocycles. The van der Waals surface area contributed by atoms with Gasteiger partial charge in [0.05, 0.1) is 5.69 Å². The molecule has 2 N–H and O–H groups in total. The summed E-state index contributed by atoms with van der Waals surface area (Å²) in [4.78, 5) is 8.12. The van der Waals surface area contributed by atoms with E-state index in [0.29, 0.717) is 5.92 Å². The second-order valence-electron chi connectivity index (χ2n) is 4.43. The number of hydrogen-bond acceptors (Lipinski definition) is 2. The number of benzene rings is 1. The molecule has 17 heavy (non-hydrogen) atoms. The molecule has 2 heterocycles. The first-order chi connectivity index (χ1) is 8.25. The maximum absolute atomic E-state index is 4.74. The summed E-state index contributed by atoms with van der Waals surface area (Å²) in [5, 5.41) is 3.28. The molecule has 3 rings (SSSR count). The second kappa shape index (κ2) is 4.27. The molecule has 1 fully saturated rings. The molecule has 0 aliphatic carbocycles. The van der Waals surface area contributed by atoms with E-state index in [-0.39, 0.29) is 0 Å². The van der Waals surface area contributed by atoms with Crippen molar-refractivity contribution >= 4 is 15.9 Å². The Hall–Kier alpha value is -1.13. The van der Waals surface area contributed by atoms with E-state index >= 15 is 0 Å². The van der Waals surface area contributed by atoms with Crippen LogP contribution in [0.2, 0.25) is 0 Å². The summed E-state index contributed by atoms with van der Waals surface area (Å²) >= 11 is 3.56. The third-order valence-corrected chi connectivity index (χ3v) is 3.91. The van der Waals surface area contributed by atoms with Gasteiger partial charge in [-0.1, -0.05) is 34.1 Å². The smallest absolute Gasteiger partial charge is 0.138 e. The van der Waals surface area contributed by atoms with Gasteiger partial charge in [-0.05, 0) is 13.0 Å². The number of nitrogens with one attached hydrogen (secondary N) is 2. The molecule has 0 spiro atoms. The normalized spacial score (nSPS) is 15.9. The van der Waals surface area contributed by atoms with Gasteiger partial charge in [0, 0.05) is 34.7 Å². The molecule has 4 heteroatoms. The Bertz CT molecular complexity index is 543. The molecule has 2 aromatic rings. The monoisotopic (exact) mass is 291 g/mol. The molecule has 88 valence electrons. The number of H-pyrrole nitrogens is 1. The lowest BCUT2D eigenvalue weighted by Crippen LogP contribution is -2.40. The molecular weight excluding hydrogens is 278 g/mol. The molecule has 0 bridgehead atoms. The maximum Gasteiger partial charge on any atom is 0.138 e. The Morgan fingerprint density at radius 2 is 2.06 bits per heavy atom. The molecule has 1 aromatic carbocycles. The standard InChI is InChI=1S/C13H14BrN3/c1-8-12(9-6-15-7-9)17-13(16-8)10-4-2-3-5-11(10)14/h2-5,9,15H,6-7H2,1H3,(H,16,17). The lowest BCUT2D eigenvalue weighted by molar-refractivity contribution is 0.439. The molecule has 1 aromatic heterocycles. The van der Waals surface area contributed by atoms with Crippen LogP contribution in [0.1, 0.15) is 17.3 Å². The number of hydrogen-bond donors (Lipinski definition) is 2. The second-order valence-corrected chi connectivity index (χ2v) is 5.29. The van der Waals surface area contributed by atoms with Crippen molar-refractivity contribution in [3.63, 3.8) is 0 Å². The van der Waals surface area contributed by atoms with Crippen LogP contribution in [0.5, 0.6) is 0 Å². The van der Waals surface area contributed by atoms with Crippen molar-refractivity contribution in [2.45, 2.75) is 12.8 Å². The highest BCUT2D eigenvalue weighted by atomic mass is 79.9. The summed E-state index contributed by atoms with van der Waals surface area (Å²) < 4.78 is 1.08. The minimum absolute atomic E-state index is 0.572. The Balaban J connectivity index is 2.01. The summed E-state index contributed by atoms with van der Waals surface area (Å²) in [6.07, 6.45) is 0. The molecular formula is C13H14BrN3. The summed E-state index contributed by atoms with van der Waals surface area (Å²) in [5.74, 6) is 1.53. The number of halogens is 1. The van der Waals surface area contributed by atoms with Crippen molar-refractivity contribution < 1.29 is 0 Å². The molecule has 3 nitrogen and oxygen atoms in total. The van der Waals surface area contributed by atoms with Crippen molar-refractivity contribution in [1.82, 2.24) is 15.3 Å². The maximum atomic E-state index is 4.74. The fourth-order valence-electron chi connectivity index (χ4n) is 2.13.